The molecule has 0 N–H and O–H groups in total. The number of rotatable bonds is 4. The molecule has 0 fully saturated rings. The summed E-state index contributed by atoms with van der Waals surface area (Å²) in [7, 11) is 1.68. The molecule has 0 bridgehead atoms. The van der Waals surface area contributed by atoms with Crippen molar-refractivity contribution in [2.24, 2.45) is 0 Å². The molecule has 0 atom stereocenters. The van der Waals surface area contributed by atoms with Gasteiger partial charge in [-0.15, -0.1) is 11.3 Å². The van der Waals surface area contributed by atoms with Crippen molar-refractivity contribution in [2.45, 2.75) is 0 Å². The van der Waals surface area contributed by atoms with Crippen LogP contribution in [0, 0.1) is 0 Å². The van der Waals surface area contributed by atoms with Crippen molar-refractivity contribution in [3.8, 4) is 38.4 Å². The molecule has 38 heavy (non-hydrogen) atoms. The minimum absolute atomic E-state index is 0.838. The maximum absolute atomic E-state index is 5.32. The van der Waals surface area contributed by atoms with Gasteiger partial charge in [0.15, 0.2) is 0 Å². The molecule has 0 unspecified atom stereocenters. The van der Waals surface area contributed by atoms with E-state index in [9.17, 15) is 0 Å². The van der Waals surface area contributed by atoms with E-state index in [1.807, 2.05) is 12.1 Å². The molecule has 0 saturated carbocycles. The summed E-state index contributed by atoms with van der Waals surface area (Å²) >= 11 is 10.4. The number of ether oxygens (including phenoxy) is 1. The number of aromatic nitrogens is 2. The van der Waals surface area contributed by atoms with Gasteiger partial charge in [0, 0.05) is 29.8 Å². The lowest BCUT2D eigenvalue weighted by molar-refractivity contribution is 0.415. The van der Waals surface area contributed by atoms with E-state index < -0.39 is 0 Å². The van der Waals surface area contributed by atoms with Gasteiger partial charge in [-0.3, -0.25) is 0 Å². The van der Waals surface area contributed by atoms with Gasteiger partial charge in [0.2, 0.25) is 0 Å². The van der Waals surface area contributed by atoms with Gasteiger partial charge in [0.05, 0.1) is 18.8 Å². The normalized spacial score (nSPS) is 12.0. The molecular formula is C31H18Br2N2OS2. The van der Waals surface area contributed by atoms with E-state index in [1.165, 1.54) is 49.3 Å². The van der Waals surface area contributed by atoms with Gasteiger partial charge in [-0.1, -0.05) is 68.3 Å². The Hall–Kier alpha value is -3.10. The summed E-state index contributed by atoms with van der Waals surface area (Å²) in [5.74, 6) is 0.838. The predicted molar refractivity (Wildman–Crippen MR) is 167 cm³/mol. The highest BCUT2D eigenvalue weighted by Gasteiger charge is 2.24. The summed E-state index contributed by atoms with van der Waals surface area (Å²) in [6, 6.07) is 29.8. The van der Waals surface area contributed by atoms with Crippen LogP contribution in [0.3, 0.4) is 0 Å². The van der Waals surface area contributed by atoms with E-state index in [2.05, 4.69) is 115 Å². The van der Waals surface area contributed by atoms with E-state index in [4.69, 9.17) is 9.11 Å². The van der Waals surface area contributed by atoms with Crippen molar-refractivity contribution >= 4 is 77.6 Å². The third-order valence-electron chi connectivity index (χ3n) is 6.83. The fraction of sp³-hybridized carbons (Fsp3) is 0.0323. The Morgan fingerprint density at radius 2 is 1.26 bits per heavy atom. The number of fused-ring (bicyclic) bond motifs is 4. The minimum atomic E-state index is 0.838. The van der Waals surface area contributed by atoms with Crippen molar-refractivity contribution in [3.63, 3.8) is 0 Å². The van der Waals surface area contributed by atoms with Gasteiger partial charge >= 0.3 is 0 Å². The highest BCUT2D eigenvalue weighted by molar-refractivity contribution is 9.10. The van der Waals surface area contributed by atoms with Crippen LogP contribution in [0.2, 0.25) is 0 Å². The van der Waals surface area contributed by atoms with Crippen LogP contribution >= 0.6 is 54.9 Å². The van der Waals surface area contributed by atoms with Gasteiger partial charge in [-0.05, 0) is 88.0 Å². The van der Waals surface area contributed by atoms with Crippen LogP contribution in [-0.4, -0.2) is 15.9 Å². The average Bonchev–Trinajstić information content (AvgIpc) is 3.67. The van der Waals surface area contributed by atoms with Crippen molar-refractivity contribution in [1.82, 2.24) is 8.75 Å². The number of thiophene rings is 1. The summed E-state index contributed by atoms with van der Waals surface area (Å²) in [6.45, 7) is 0. The molecule has 6 aromatic rings. The molecule has 0 aliphatic heterocycles. The number of hydrogen-bond donors (Lipinski definition) is 0. The molecule has 0 radical (unpaired) electrons. The molecule has 0 amide bonds. The molecule has 2 heterocycles. The Labute approximate surface area is 245 Å². The number of hydrogen-bond acceptors (Lipinski definition) is 5. The van der Waals surface area contributed by atoms with Gasteiger partial charge in [-0.25, -0.2) is 0 Å². The molecule has 184 valence electrons. The second kappa shape index (κ2) is 9.58. The molecule has 2 aromatic heterocycles. The minimum Gasteiger partial charge on any atom is -0.497 e. The van der Waals surface area contributed by atoms with E-state index in [0.717, 1.165) is 42.4 Å². The first kappa shape index (κ1) is 24.0. The zero-order chi connectivity index (χ0) is 25.8. The standard InChI is InChI=1S/C31H18Br2N2OS2/c1-36-20-6-2-17(3-7-20)22-11-12-25(31-30(22)34-38-35-31)29-13-8-21(37-29)16-28-26-14-18(32)4-9-23(26)24-10-5-19(33)15-27(24)28/h2-16H,1H3. The first-order valence-electron chi connectivity index (χ1n) is 11.9. The highest BCUT2D eigenvalue weighted by Crippen LogP contribution is 2.47. The van der Waals surface area contributed by atoms with Gasteiger partial charge in [0.25, 0.3) is 0 Å². The summed E-state index contributed by atoms with van der Waals surface area (Å²) in [5, 5.41) is 0. The maximum atomic E-state index is 5.32. The molecule has 4 aromatic carbocycles. The summed E-state index contributed by atoms with van der Waals surface area (Å²) < 4.78 is 16.8. The quantitative estimate of drug-likeness (QED) is 0.189. The lowest BCUT2D eigenvalue weighted by Crippen LogP contribution is -1.85. The van der Waals surface area contributed by atoms with E-state index in [-0.39, 0.29) is 0 Å². The summed E-state index contributed by atoms with van der Waals surface area (Å²) in [4.78, 5) is 2.38. The lowest BCUT2D eigenvalue weighted by atomic mass is 10.0. The highest BCUT2D eigenvalue weighted by atomic mass is 79.9. The van der Waals surface area contributed by atoms with Crippen LogP contribution in [0.25, 0.3) is 55.4 Å². The van der Waals surface area contributed by atoms with Crippen molar-refractivity contribution in [1.29, 1.82) is 0 Å². The number of halogens is 2. The molecule has 1 aliphatic carbocycles. The second-order valence-corrected chi connectivity index (χ2v) is 12.5. The smallest absolute Gasteiger partial charge is 0.118 e. The molecule has 3 nitrogen and oxygen atoms in total. The van der Waals surface area contributed by atoms with Crippen LogP contribution in [0.5, 0.6) is 5.75 Å². The lowest BCUT2D eigenvalue weighted by Gasteiger charge is -2.07. The Balaban J connectivity index is 1.30. The molecule has 7 rings (SSSR count). The van der Waals surface area contributed by atoms with Crippen molar-refractivity contribution in [2.75, 3.05) is 7.11 Å². The number of benzene rings is 4. The third-order valence-corrected chi connectivity index (χ3v) is 9.41. The van der Waals surface area contributed by atoms with Crippen LogP contribution in [0.4, 0.5) is 0 Å². The van der Waals surface area contributed by atoms with Crippen LogP contribution < -0.4 is 4.74 Å². The SMILES string of the molecule is COc1ccc(-c2ccc(-c3ccc(C=C4c5cc(Br)ccc5-c5ccc(Br)cc54)s3)c3nsnc23)cc1. The molecule has 1 aliphatic rings. The Bertz CT molecular complexity index is 1830. The van der Waals surface area contributed by atoms with Crippen LogP contribution in [0.15, 0.2) is 93.9 Å². The maximum Gasteiger partial charge on any atom is 0.118 e. The zero-order valence-electron chi connectivity index (χ0n) is 20.0. The van der Waals surface area contributed by atoms with E-state index >= 15 is 0 Å². The average molecular weight is 658 g/mol. The summed E-state index contributed by atoms with van der Waals surface area (Å²) in [5.41, 5.74) is 11.4. The monoisotopic (exact) mass is 656 g/mol. The molecular weight excluding hydrogens is 640 g/mol. The number of methoxy groups -OCH3 is 1. The molecule has 0 saturated heterocycles. The fourth-order valence-corrected chi connectivity index (χ4v) is 7.31. The van der Waals surface area contributed by atoms with Gasteiger partial charge < -0.3 is 4.74 Å². The Morgan fingerprint density at radius 3 is 1.92 bits per heavy atom. The molecule has 7 heteroatoms. The third kappa shape index (κ3) is 4.05. The summed E-state index contributed by atoms with van der Waals surface area (Å²) in [6.07, 6.45) is 2.31. The van der Waals surface area contributed by atoms with Gasteiger partial charge in [-0.2, -0.15) is 8.75 Å². The second-order valence-electron chi connectivity index (χ2n) is 8.99. The first-order valence-corrected chi connectivity index (χ1v) is 15.0. The van der Waals surface area contributed by atoms with Crippen molar-refractivity contribution in [3.05, 3.63) is 110 Å². The zero-order valence-corrected chi connectivity index (χ0v) is 24.8. The van der Waals surface area contributed by atoms with Crippen LogP contribution in [-0.2, 0) is 0 Å². The largest absolute Gasteiger partial charge is 0.497 e. The first-order chi connectivity index (χ1) is 18.6. The van der Waals surface area contributed by atoms with Crippen molar-refractivity contribution < 1.29 is 4.74 Å². The topological polar surface area (TPSA) is 35.0 Å². The van der Waals surface area contributed by atoms with Crippen LogP contribution in [0.1, 0.15) is 16.0 Å². The van der Waals surface area contributed by atoms with Gasteiger partial charge in [0.1, 0.15) is 16.8 Å². The van der Waals surface area contributed by atoms with E-state index in [1.54, 1.807) is 18.4 Å². The van der Waals surface area contributed by atoms with E-state index in [0.29, 0.717) is 0 Å². The number of nitrogens with zero attached hydrogens (tertiary/aromatic N) is 2. The Morgan fingerprint density at radius 1 is 0.658 bits per heavy atom. The fourth-order valence-electron chi connectivity index (χ4n) is 5.04. The predicted octanol–water partition coefficient (Wildman–Crippen LogP) is 10.2. The Kier molecular flexibility index (Phi) is 6.04. The molecule has 0 spiro atoms.